The van der Waals surface area contributed by atoms with Crippen molar-refractivity contribution < 1.29 is 4.74 Å². The summed E-state index contributed by atoms with van der Waals surface area (Å²) in [5, 5.41) is 3.47. The van der Waals surface area contributed by atoms with Crippen molar-refractivity contribution in [3.63, 3.8) is 0 Å². The second kappa shape index (κ2) is 8.03. The molecule has 0 amide bonds. The Morgan fingerprint density at radius 3 is 3.11 bits per heavy atom. The fourth-order valence-electron chi connectivity index (χ4n) is 3.43. The fourth-order valence-corrected chi connectivity index (χ4v) is 3.43. The van der Waals surface area contributed by atoms with Crippen LogP contribution in [0.15, 0.2) is 12.7 Å². The number of hydrogen-bond donors (Lipinski definition) is 1. The van der Waals surface area contributed by atoms with E-state index >= 15 is 0 Å². The number of unbranched alkanes of at least 4 members (excludes halogenated alkanes) is 3. The van der Waals surface area contributed by atoms with Crippen molar-refractivity contribution in [3.8, 4) is 0 Å². The van der Waals surface area contributed by atoms with E-state index in [9.17, 15) is 0 Å². The average Bonchev–Trinajstić information content (AvgIpc) is 2.90. The molecule has 0 aromatic rings. The van der Waals surface area contributed by atoms with Crippen LogP contribution in [0.5, 0.6) is 0 Å². The number of fused-ring (bicyclic) bond motifs is 1. The third kappa shape index (κ3) is 4.30. The smallest absolute Gasteiger partial charge is 0.0855 e. The van der Waals surface area contributed by atoms with Crippen molar-refractivity contribution in [2.45, 2.75) is 63.1 Å². The molecule has 0 saturated carbocycles. The first kappa shape index (κ1) is 15.0. The Bertz CT molecular complexity index is 269. The lowest BCUT2D eigenvalue weighted by Gasteiger charge is -2.38. The maximum absolute atomic E-state index is 6.10. The summed E-state index contributed by atoms with van der Waals surface area (Å²) in [5.41, 5.74) is 0. The van der Waals surface area contributed by atoms with E-state index in [1.807, 2.05) is 6.08 Å². The maximum Gasteiger partial charge on any atom is 0.0855 e. The Kier molecular flexibility index (Phi) is 6.35. The Morgan fingerprint density at radius 2 is 2.32 bits per heavy atom. The number of morpholine rings is 1. The lowest BCUT2D eigenvalue weighted by atomic mass is 10.0. The number of nitrogens with one attached hydrogen (secondary N) is 1. The van der Waals surface area contributed by atoms with Gasteiger partial charge in [-0.1, -0.05) is 18.9 Å². The standard InChI is InChI=1S/C16H30N2O/c1-3-4-5-6-7-10-15(17-2)16-12-18-11-8-9-14(18)13-19-16/h3,14-17H,1,4-13H2,2H3. The van der Waals surface area contributed by atoms with Crippen LogP contribution in [-0.4, -0.2) is 49.8 Å². The summed E-state index contributed by atoms with van der Waals surface area (Å²) in [5.74, 6) is 0. The van der Waals surface area contributed by atoms with E-state index in [1.54, 1.807) is 0 Å². The van der Waals surface area contributed by atoms with E-state index in [0.717, 1.165) is 19.6 Å². The van der Waals surface area contributed by atoms with Gasteiger partial charge in [0.05, 0.1) is 12.7 Å². The van der Waals surface area contributed by atoms with Crippen LogP contribution in [0.4, 0.5) is 0 Å². The molecule has 2 heterocycles. The van der Waals surface area contributed by atoms with Gasteiger partial charge in [-0.05, 0) is 45.7 Å². The minimum absolute atomic E-state index is 0.388. The van der Waals surface area contributed by atoms with Crippen molar-refractivity contribution in [2.24, 2.45) is 0 Å². The highest BCUT2D eigenvalue weighted by Gasteiger charge is 2.34. The molecule has 0 spiro atoms. The van der Waals surface area contributed by atoms with E-state index in [2.05, 4.69) is 23.8 Å². The summed E-state index contributed by atoms with van der Waals surface area (Å²) < 4.78 is 6.10. The molecule has 0 radical (unpaired) electrons. The van der Waals surface area contributed by atoms with Crippen molar-refractivity contribution in [1.82, 2.24) is 10.2 Å². The monoisotopic (exact) mass is 266 g/mol. The zero-order valence-corrected chi connectivity index (χ0v) is 12.4. The zero-order valence-electron chi connectivity index (χ0n) is 12.4. The van der Waals surface area contributed by atoms with Crippen LogP contribution in [0.2, 0.25) is 0 Å². The molecule has 2 aliphatic rings. The molecule has 3 nitrogen and oxygen atoms in total. The van der Waals surface area contributed by atoms with Crippen molar-refractivity contribution in [2.75, 3.05) is 26.7 Å². The highest BCUT2D eigenvalue weighted by Crippen LogP contribution is 2.24. The number of hydrogen-bond acceptors (Lipinski definition) is 3. The van der Waals surface area contributed by atoms with E-state index in [0.29, 0.717) is 18.2 Å². The van der Waals surface area contributed by atoms with Crippen LogP contribution in [0, 0.1) is 0 Å². The van der Waals surface area contributed by atoms with Crippen LogP contribution < -0.4 is 5.32 Å². The molecule has 0 aromatic carbocycles. The van der Waals surface area contributed by atoms with Gasteiger partial charge in [-0.2, -0.15) is 0 Å². The van der Waals surface area contributed by atoms with Crippen molar-refractivity contribution >= 4 is 0 Å². The Morgan fingerprint density at radius 1 is 1.42 bits per heavy atom. The molecule has 2 aliphatic heterocycles. The lowest BCUT2D eigenvalue weighted by molar-refractivity contribution is -0.0648. The number of rotatable bonds is 8. The first-order valence-electron chi connectivity index (χ1n) is 7.99. The molecule has 3 unspecified atom stereocenters. The molecular weight excluding hydrogens is 236 g/mol. The first-order valence-corrected chi connectivity index (χ1v) is 7.99. The summed E-state index contributed by atoms with van der Waals surface area (Å²) in [6, 6.07) is 1.23. The van der Waals surface area contributed by atoms with Crippen molar-refractivity contribution in [1.29, 1.82) is 0 Å². The van der Waals surface area contributed by atoms with Crippen LogP contribution in [0.3, 0.4) is 0 Å². The second-order valence-electron chi connectivity index (χ2n) is 5.98. The topological polar surface area (TPSA) is 24.5 Å². The molecule has 0 aliphatic carbocycles. The predicted molar refractivity (Wildman–Crippen MR) is 80.5 cm³/mol. The highest BCUT2D eigenvalue weighted by atomic mass is 16.5. The predicted octanol–water partition coefficient (Wildman–Crippen LogP) is 2.57. The van der Waals surface area contributed by atoms with Crippen molar-refractivity contribution in [3.05, 3.63) is 12.7 Å². The van der Waals surface area contributed by atoms with E-state index in [-0.39, 0.29) is 0 Å². The molecule has 2 rings (SSSR count). The molecule has 2 saturated heterocycles. The number of nitrogens with zero attached hydrogens (tertiary/aromatic N) is 1. The molecule has 2 fully saturated rings. The molecule has 19 heavy (non-hydrogen) atoms. The summed E-state index contributed by atoms with van der Waals surface area (Å²) in [7, 11) is 2.08. The molecule has 3 atom stereocenters. The first-order chi connectivity index (χ1) is 9.35. The van der Waals surface area contributed by atoms with Gasteiger partial charge in [-0.3, -0.25) is 4.90 Å². The molecular formula is C16H30N2O. The Hall–Kier alpha value is -0.380. The Labute approximate surface area is 118 Å². The van der Waals surface area contributed by atoms with Gasteiger partial charge in [0.2, 0.25) is 0 Å². The van der Waals surface area contributed by atoms with E-state index < -0.39 is 0 Å². The van der Waals surface area contributed by atoms with Gasteiger partial charge in [0.15, 0.2) is 0 Å². The quantitative estimate of drug-likeness (QED) is 0.540. The second-order valence-corrected chi connectivity index (χ2v) is 5.98. The normalized spacial score (nSPS) is 29.1. The zero-order chi connectivity index (χ0) is 13.5. The van der Waals surface area contributed by atoms with Gasteiger partial charge in [0, 0.05) is 18.6 Å². The van der Waals surface area contributed by atoms with Crippen LogP contribution in [0.25, 0.3) is 0 Å². The summed E-state index contributed by atoms with van der Waals surface area (Å²) in [4.78, 5) is 2.64. The van der Waals surface area contributed by atoms with E-state index in [4.69, 9.17) is 4.74 Å². The number of ether oxygens (including phenoxy) is 1. The minimum Gasteiger partial charge on any atom is -0.374 e. The third-order valence-corrected chi connectivity index (χ3v) is 4.66. The van der Waals surface area contributed by atoms with Gasteiger partial charge in [0.1, 0.15) is 0 Å². The van der Waals surface area contributed by atoms with Crippen LogP contribution >= 0.6 is 0 Å². The SMILES string of the molecule is C=CCCCCCC(NC)C1CN2CCCC2CO1. The average molecular weight is 266 g/mol. The van der Waals surface area contributed by atoms with Gasteiger partial charge in [-0.25, -0.2) is 0 Å². The van der Waals surface area contributed by atoms with Crippen LogP contribution in [-0.2, 0) is 4.74 Å². The summed E-state index contributed by atoms with van der Waals surface area (Å²) in [6.07, 6.45) is 11.4. The van der Waals surface area contributed by atoms with Crippen LogP contribution in [0.1, 0.15) is 44.9 Å². The van der Waals surface area contributed by atoms with Gasteiger partial charge in [0.25, 0.3) is 0 Å². The van der Waals surface area contributed by atoms with E-state index in [1.165, 1.54) is 45.1 Å². The van der Waals surface area contributed by atoms with Gasteiger partial charge >= 0.3 is 0 Å². The Balaban J connectivity index is 1.69. The summed E-state index contributed by atoms with van der Waals surface area (Å²) in [6.45, 7) is 7.13. The highest BCUT2D eigenvalue weighted by molar-refractivity contribution is 4.89. The lowest BCUT2D eigenvalue weighted by Crippen LogP contribution is -2.53. The molecule has 0 bridgehead atoms. The number of likely N-dealkylation sites (N-methyl/N-ethyl adjacent to an activating group) is 1. The molecule has 110 valence electrons. The van der Waals surface area contributed by atoms with Gasteiger partial charge < -0.3 is 10.1 Å². The summed E-state index contributed by atoms with van der Waals surface area (Å²) >= 11 is 0. The number of allylic oxidation sites excluding steroid dienone is 1. The molecule has 3 heteroatoms. The van der Waals surface area contributed by atoms with Gasteiger partial charge in [-0.15, -0.1) is 6.58 Å². The largest absolute Gasteiger partial charge is 0.374 e. The third-order valence-electron chi connectivity index (χ3n) is 4.66. The fraction of sp³-hybridized carbons (Fsp3) is 0.875. The maximum atomic E-state index is 6.10. The molecule has 1 N–H and O–H groups in total. The minimum atomic E-state index is 0.388. The molecule has 0 aromatic heterocycles.